The van der Waals surface area contributed by atoms with Crippen molar-refractivity contribution in [3.05, 3.63) is 77.5 Å². The van der Waals surface area contributed by atoms with Crippen LogP contribution in [0, 0.1) is 0 Å². The van der Waals surface area contributed by atoms with Gasteiger partial charge in [-0.2, -0.15) is 36.7 Å². The number of nitrogens with zero attached hydrogens (tertiary/aromatic N) is 4. The molecule has 0 fully saturated rings. The number of aromatic hydroxyl groups is 1. The van der Waals surface area contributed by atoms with Crippen molar-refractivity contribution in [1.29, 1.82) is 0 Å². The van der Waals surface area contributed by atoms with E-state index in [2.05, 4.69) is 10.2 Å². The Morgan fingerprint density at radius 1 is 0.844 bits per heavy atom. The predicted molar refractivity (Wildman–Crippen MR) is 156 cm³/mol. The van der Waals surface area contributed by atoms with Crippen LogP contribution in [0.5, 0.6) is 5.88 Å². The first-order chi connectivity index (χ1) is 21.2. The minimum Gasteiger partial charge on any atom is -0.493 e. The van der Waals surface area contributed by atoms with Crippen molar-refractivity contribution < 1.29 is 54.9 Å². The summed E-state index contributed by atoms with van der Waals surface area (Å²) in [5.41, 5.74) is -0.988. The lowest BCUT2D eigenvalue weighted by atomic mass is 10.1. The van der Waals surface area contributed by atoms with E-state index in [1.165, 1.54) is 43.3 Å². The summed E-state index contributed by atoms with van der Waals surface area (Å²) in [7, 11) is -9.00. The topological polar surface area (TPSA) is 232 Å². The highest BCUT2D eigenvalue weighted by Crippen LogP contribution is 2.29. The molecule has 0 spiro atoms. The maximum absolute atomic E-state index is 13.3. The van der Waals surface area contributed by atoms with Crippen LogP contribution in [0.1, 0.15) is 29.9 Å². The number of hydrazone groups is 1. The van der Waals surface area contributed by atoms with Crippen LogP contribution in [-0.4, -0.2) is 77.6 Å². The van der Waals surface area contributed by atoms with Crippen LogP contribution in [0.4, 0.5) is 5.69 Å². The molecule has 16 nitrogen and oxygen atoms in total. The summed E-state index contributed by atoms with van der Waals surface area (Å²) >= 11 is 0. The number of allylic oxidation sites excluding steroid dienone is 2. The van der Waals surface area contributed by atoms with Crippen LogP contribution in [0.2, 0.25) is 0 Å². The molecule has 3 aromatic rings. The van der Waals surface area contributed by atoms with Crippen molar-refractivity contribution in [3.63, 3.8) is 0 Å². The third kappa shape index (κ3) is 6.99. The van der Waals surface area contributed by atoms with E-state index >= 15 is 0 Å². The van der Waals surface area contributed by atoms with Gasteiger partial charge in [0.05, 0.1) is 45.5 Å². The second-order valence-corrected chi connectivity index (χ2v) is 11.7. The number of carbonyl (C=O) groups is 3. The van der Waals surface area contributed by atoms with Gasteiger partial charge in [-0.25, -0.2) is 9.59 Å². The smallest absolute Gasteiger partial charge is 0.359 e. The monoisotopic (exact) mass is 660 g/mol. The van der Waals surface area contributed by atoms with Crippen LogP contribution in [0.3, 0.4) is 0 Å². The lowest BCUT2D eigenvalue weighted by Crippen LogP contribution is -2.22. The van der Waals surface area contributed by atoms with Crippen LogP contribution in [0.15, 0.2) is 81.1 Å². The van der Waals surface area contributed by atoms with Gasteiger partial charge in [0.2, 0.25) is 5.88 Å². The molecule has 0 unspecified atom stereocenters. The normalized spacial score (nSPS) is 14.7. The Labute approximate surface area is 256 Å². The number of amides is 1. The van der Waals surface area contributed by atoms with Crippen LogP contribution in [0.25, 0.3) is 11.8 Å². The van der Waals surface area contributed by atoms with Crippen molar-refractivity contribution in [3.8, 4) is 11.6 Å². The summed E-state index contributed by atoms with van der Waals surface area (Å²) in [5, 5.41) is 19.9. The summed E-state index contributed by atoms with van der Waals surface area (Å²) in [6.07, 6.45) is 3.58. The average Bonchev–Trinajstić information content (AvgIpc) is 3.49. The lowest BCUT2D eigenvalue weighted by Gasteiger charge is -2.11. The highest BCUT2D eigenvalue weighted by molar-refractivity contribution is 7.86. The lowest BCUT2D eigenvalue weighted by molar-refractivity contribution is -0.135. The fraction of sp³-hybridized carbons (Fsp3) is 0.148. The van der Waals surface area contributed by atoms with E-state index in [1.807, 2.05) is 0 Å². The standard InChI is InChI=1S/C27H24N4O12S2/c1-3-42-26(34)22-20(24(32)30(28-22)16-8-12-18(13-9-16)44(36,37)38)6-5-7-21-23(27(35)43-4-2)29-31(25(21)33)17-10-14-19(15-11-17)45(39,40)41/h5-15,32H,3-4H2,1-2H3,(H,36,37,38)(H,39,40,41)/b6-5?,21-7-. The van der Waals surface area contributed by atoms with Gasteiger partial charge in [0.1, 0.15) is 0 Å². The summed E-state index contributed by atoms with van der Waals surface area (Å²) in [4.78, 5) is 37.7. The van der Waals surface area contributed by atoms with Crippen LogP contribution < -0.4 is 5.01 Å². The Kier molecular flexibility index (Phi) is 9.33. The molecule has 18 heteroatoms. The van der Waals surface area contributed by atoms with E-state index in [4.69, 9.17) is 9.47 Å². The van der Waals surface area contributed by atoms with Crippen molar-refractivity contribution in [2.75, 3.05) is 18.2 Å². The summed E-state index contributed by atoms with van der Waals surface area (Å²) in [6.45, 7) is 3.02. The summed E-state index contributed by atoms with van der Waals surface area (Å²) in [5.74, 6) is -3.26. The fourth-order valence-corrected chi connectivity index (χ4v) is 4.91. The quantitative estimate of drug-likeness (QED) is 0.161. The second-order valence-electron chi connectivity index (χ2n) is 8.88. The van der Waals surface area contributed by atoms with E-state index in [-0.39, 0.29) is 41.4 Å². The van der Waals surface area contributed by atoms with E-state index in [1.54, 1.807) is 6.92 Å². The van der Waals surface area contributed by atoms with Gasteiger partial charge in [-0.3, -0.25) is 13.9 Å². The molecule has 0 radical (unpaired) electrons. The van der Waals surface area contributed by atoms with Gasteiger partial charge < -0.3 is 14.6 Å². The first kappa shape index (κ1) is 32.7. The Bertz CT molecular complexity index is 1980. The molecule has 45 heavy (non-hydrogen) atoms. The third-order valence-electron chi connectivity index (χ3n) is 6.00. The van der Waals surface area contributed by atoms with E-state index in [0.717, 1.165) is 40.0 Å². The van der Waals surface area contributed by atoms with Crippen molar-refractivity contribution >= 4 is 55.6 Å². The zero-order valence-corrected chi connectivity index (χ0v) is 25.0. The number of hydrogen-bond donors (Lipinski definition) is 3. The van der Waals surface area contributed by atoms with Gasteiger partial charge in [0.15, 0.2) is 11.4 Å². The molecule has 0 atom stereocenters. The molecule has 1 amide bonds. The molecule has 1 aliphatic rings. The maximum Gasteiger partial charge on any atom is 0.359 e. The second kappa shape index (κ2) is 12.8. The molecule has 236 valence electrons. The number of ether oxygens (including phenoxy) is 2. The molecule has 0 saturated heterocycles. The van der Waals surface area contributed by atoms with Gasteiger partial charge in [-0.05, 0) is 74.5 Å². The van der Waals surface area contributed by atoms with E-state index in [9.17, 15) is 45.4 Å². The Morgan fingerprint density at radius 2 is 1.36 bits per heavy atom. The molecule has 0 aliphatic carbocycles. The van der Waals surface area contributed by atoms with Crippen LogP contribution >= 0.6 is 0 Å². The van der Waals surface area contributed by atoms with Gasteiger partial charge in [-0.15, -0.1) is 0 Å². The van der Waals surface area contributed by atoms with Gasteiger partial charge in [-0.1, -0.05) is 6.08 Å². The largest absolute Gasteiger partial charge is 0.493 e. The highest BCUT2D eigenvalue weighted by Gasteiger charge is 2.36. The first-order valence-electron chi connectivity index (χ1n) is 12.8. The number of hydrogen-bond acceptors (Lipinski definition) is 12. The van der Waals surface area contributed by atoms with Gasteiger partial charge in [0.25, 0.3) is 26.1 Å². The Hall–Kier alpha value is -5.17. The van der Waals surface area contributed by atoms with Gasteiger partial charge in [0, 0.05) is 0 Å². The number of benzene rings is 2. The SMILES string of the molecule is CCOC(=O)C1=NN(c2ccc(S(=O)(=O)O)cc2)C(=O)/C1=C\C=Cc1c(C(=O)OCC)nn(-c2ccc(S(=O)(=O)O)cc2)c1O. The number of esters is 2. The first-order valence-corrected chi connectivity index (χ1v) is 15.7. The van der Waals surface area contributed by atoms with Crippen LogP contribution in [-0.2, 0) is 39.3 Å². The molecule has 4 rings (SSSR count). The molecular weight excluding hydrogens is 636 g/mol. The highest BCUT2D eigenvalue weighted by atomic mass is 32.2. The molecule has 3 N–H and O–H groups in total. The Balaban J connectivity index is 1.74. The average molecular weight is 661 g/mol. The van der Waals surface area contributed by atoms with Crippen molar-refractivity contribution in [1.82, 2.24) is 9.78 Å². The fourth-order valence-electron chi connectivity index (χ4n) is 3.95. The summed E-state index contributed by atoms with van der Waals surface area (Å²) in [6, 6.07) is 8.99. The zero-order valence-electron chi connectivity index (χ0n) is 23.4. The Morgan fingerprint density at radius 3 is 1.87 bits per heavy atom. The van der Waals surface area contributed by atoms with E-state index in [0.29, 0.717) is 0 Å². The maximum atomic E-state index is 13.3. The minimum atomic E-state index is -4.51. The van der Waals surface area contributed by atoms with E-state index < -0.39 is 59.5 Å². The predicted octanol–water partition coefficient (Wildman–Crippen LogP) is 2.15. The molecule has 0 saturated carbocycles. The number of carbonyl (C=O) groups excluding carboxylic acids is 3. The minimum absolute atomic E-state index is 0.0301. The van der Waals surface area contributed by atoms with Gasteiger partial charge >= 0.3 is 11.9 Å². The molecule has 1 aliphatic heterocycles. The number of rotatable bonds is 10. The van der Waals surface area contributed by atoms with Crippen molar-refractivity contribution in [2.45, 2.75) is 23.6 Å². The molecule has 2 aromatic carbocycles. The molecular formula is C27H24N4O12S2. The summed E-state index contributed by atoms with van der Waals surface area (Å²) < 4.78 is 74.9. The number of anilines is 1. The van der Waals surface area contributed by atoms with Crippen molar-refractivity contribution in [2.24, 2.45) is 5.10 Å². The number of aromatic nitrogens is 2. The zero-order chi connectivity index (χ0) is 33.1. The molecule has 2 heterocycles. The molecule has 0 bridgehead atoms. The third-order valence-corrected chi connectivity index (χ3v) is 7.73. The molecule has 1 aromatic heterocycles.